The largest absolute Gasteiger partial charge is 0.393 e. The molecular formula is C11H13ClN2O6. The monoisotopic (exact) mass is 304 g/mol. The maximum absolute atomic E-state index is 11.7. The van der Waals surface area contributed by atoms with Crippen molar-refractivity contribution in [2.45, 2.75) is 24.0 Å². The Labute approximate surface area is 117 Å². The second-order valence-corrected chi connectivity index (χ2v) is 4.62. The molecular weight excluding hydrogens is 292 g/mol. The lowest BCUT2D eigenvalue weighted by molar-refractivity contribution is -0.0994. The lowest BCUT2D eigenvalue weighted by atomic mass is 9.96. The highest BCUT2D eigenvalue weighted by Gasteiger charge is 2.53. The quantitative estimate of drug-likeness (QED) is 0.526. The van der Waals surface area contributed by atoms with E-state index in [1.54, 1.807) is 0 Å². The van der Waals surface area contributed by atoms with Gasteiger partial charge >= 0.3 is 5.69 Å². The number of hydrogen-bond acceptors (Lipinski definition) is 6. The first-order valence-corrected chi connectivity index (χ1v) is 6.13. The molecule has 20 heavy (non-hydrogen) atoms. The summed E-state index contributed by atoms with van der Waals surface area (Å²) in [6.45, 7) is -0.650. The molecule has 0 aliphatic carbocycles. The van der Waals surface area contributed by atoms with Crippen molar-refractivity contribution in [1.82, 2.24) is 9.55 Å². The van der Waals surface area contributed by atoms with Crippen LogP contribution in [0.3, 0.4) is 0 Å². The second kappa shape index (κ2) is 5.51. The summed E-state index contributed by atoms with van der Waals surface area (Å²) in [5.74, 6) is 0. The molecule has 8 nitrogen and oxygen atoms in total. The van der Waals surface area contributed by atoms with Crippen LogP contribution in [0.5, 0.6) is 0 Å². The van der Waals surface area contributed by atoms with Crippen molar-refractivity contribution >= 4 is 11.6 Å². The van der Waals surface area contributed by atoms with E-state index in [9.17, 15) is 24.9 Å². The topological polar surface area (TPSA) is 125 Å². The number of aromatic amines is 1. The molecule has 0 aromatic carbocycles. The van der Waals surface area contributed by atoms with Crippen LogP contribution in [0.4, 0.5) is 0 Å². The van der Waals surface area contributed by atoms with E-state index in [-0.39, 0.29) is 0 Å². The van der Waals surface area contributed by atoms with Crippen molar-refractivity contribution in [2.75, 3.05) is 6.61 Å². The zero-order chi connectivity index (χ0) is 14.9. The van der Waals surface area contributed by atoms with Crippen molar-refractivity contribution < 1.29 is 20.1 Å². The highest BCUT2D eigenvalue weighted by molar-refractivity contribution is 6.25. The molecule has 0 bridgehead atoms. The number of H-pyrrole nitrogens is 1. The number of aliphatic hydroxyl groups is 3. The number of hydrogen-bond donors (Lipinski definition) is 4. The van der Waals surface area contributed by atoms with Crippen LogP contribution >= 0.6 is 11.6 Å². The van der Waals surface area contributed by atoms with Crippen molar-refractivity contribution in [3.63, 3.8) is 0 Å². The fourth-order valence-corrected chi connectivity index (χ4v) is 2.30. The van der Waals surface area contributed by atoms with Gasteiger partial charge in [0.1, 0.15) is 17.8 Å². The van der Waals surface area contributed by atoms with Crippen LogP contribution in [0.15, 0.2) is 33.5 Å². The summed E-state index contributed by atoms with van der Waals surface area (Å²) < 4.78 is 6.30. The predicted octanol–water partition coefficient (Wildman–Crippen LogP) is -1.73. The minimum Gasteiger partial charge on any atom is -0.393 e. The van der Waals surface area contributed by atoms with Crippen molar-refractivity contribution in [3.05, 3.63) is 44.7 Å². The van der Waals surface area contributed by atoms with Crippen LogP contribution in [0.1, 0.15) is 6.23 Å². The Morgan fingerprint density at radius 3 is 2.75 bits per heavy atom. The Balaban J connectivity index is 2.45. The van der Waals surface area contributed by atoms with Crippen molar-refractivity contribution in [2.24, 2.45) is 0 Å². The van der Waals surface area contributed by atoms with Gasteiger partial charge < -0.3 is 20.1 Å². The first-order valence-electron chi connectivity index (χ1n) is 5.69. The van der Waals surface area contributed by atoms with Gasteiger partial charge in [-0.25, -0.2) is 4.79 Å². The summed E-state index contributed by atoms with van der Waals surface area (Å²) in [6.07, 6.45) is -1.95. The number of aliphatic hydroxyl groups excluding tert-OH is 3. The average Bonchev–Trinajstić information content (AvgIpc) is 2.65. The van der Waals surface area contributed by atoms with Gasteiger partial charge in [0.05, 0.1) is 6.61 Å². The van der Waals surface area contributed by atoms with Gasteiger partial charge in [-0.15, -0.1) is 0 Å². The Morgan fingerprint density at radius 1 is 1.50 bits per heavy atom. The summed E-state index contributed by atoms with van der Waals surface area (Å²) in [6, 6.07) is 1.07. The molecule has 4 atom stereocenters. The third-order valence-corrected chi connectivity index (χ3v) is 3.30. The highest BCUT2D eigenvalue weighted by atomic mass is 35.5. The zero-order valence-electron chi connectivity index (χ0n) is 10.1. The van der Waals surface area contributed by atoms with Gasteiger partial charge in [0.2, 0.25) is 0 Å². The molecule has 2 rings (SSSR count). The summed E-state index contributed by atoms with van der Waals surface area (Å²) in [5, 5.41) is 29.3. The third kappa shape index (κ3) is 2.32. The van der Waals surface area contributed by atoms with E-state index < -0.39 is 41.9 Å². The van der Waals surface area contributed by atoms with Crippen LogP contribution in [0.2, 0.25) is 0 Å². The smallest absolute Gasteiger partial charge is 0.330 e. The maximum Gasteiger partial charge on any atom is 0.330 e. The normalized spacial score (nSPS) is 33.9. The first-order chi connectivity index (χ1) is 9.45. The van der Waals surface area contributed by atoms with Gasteiger partial charge in [-0.1, -0.05) is 11.6 Å². The van der Waals surface area contributed by atoms with Gasteiger partial charge in [-0.05, 0) is 6.08 Å². The maximum atomic E-state index is 11.7. The van der Waals surface area contributed by atoms with E-state index in [1.165, 1.54) is 6.08 Å². The molecule has 4 N–H and O–H groups in total. The lowest BCUT2D eigenvalue weighted by Crippen LogP contribution is -2.44. The molecule has 0 amide bonds. The Morgan fingerprint density at radius 2 is 2.20 bits per heavy atom. The Bertz CT molecular complexity index is 626. The minimum absolute atomic E-state index is 0.603. The number of halogens is 1. The van der Waals surface area contributed by atoms with Crippen molar-refractivity contribution in [1.29, 1.82) is 0 Å². The SMILES string of the molecule is O=c1ccn([C@@H]2O[C@](C=CCl)(CO)[C@@H](O)[C@H]2O)c(=O)[nH]1. The van der Waals surface area contributed by atoms with E-state index in [4.69, 9.17) is 16.3 Å². The van der Waals surface area contributed by atoms with Crippen LogP contribution in [-0.4, -0.2) is 49.3 Å². The number of ether oxygens (including phenoxy) is 1. The average molecular weight is 305 g/mol. The molecule has 1 aliphatic rings. The van der Waals surface area contributed by atoms with E-state index in [0.717, 1.165) is 22.4 Å². The van der Waals surface area contributed by atoms with Crippen LogP contribution < -0.4 is 11.2 Å². The fourth-order valence-electron chi connectivity index (χ4n) is 2.09. The summed E-state index contributed by atoms with van der Waals surface area (Å²) in [7, 11) is 0. The molecule has 1 saturated heterocycles. The number of nitrogens with one attached hydrogen (secondary N) is 1. The molecule has 9 heteroatoms. The van der Waals surface area contributed by atoms with Crippen LogP contribution in [0, 0.1) is 0 Å². The Kier molecular flexibility index (Phi) is 4.11. The van der Waals surface area contributed by atoms with Gasteiger partial charge in [-0.2, -0.15) is 0 Å². The standard InChI is InChI=1S/C11H13ClN2O6/c12-3-2-11(5-15)8(18)7(17)9(20-11)14-4-1-6(16)13-10(14)19/h1-4,7-9,15,17-18H,5H2,(H,13,16,19)/t7-,8+,9-,11-/m1/s1. The minimum atomic E-state index is -1.62. The van der Waals surface area contributed by atoms with Gasteiger partial charge in [0, 0.05) is 17.8 Å². The Hall–Kier alpha value is -1.45. The molecule has 0 spiro atoms. The summed E-state index contributed by atoms with van der Waals surface area (Å²) in [4.78, 5) is 24.7. The van der Waals surface area contributed by atoms with Crippen LogP contribution in [0.25, 0.3) is 0 Å². The highest BCUT2D eigenvalue weighted by Crippen LogP contribution is 2.37. The van der Waals surface area contributed by atoms with Gasteiger partial charge in [-0.3, -0.25) is 14.3 Å². The number of aromatic nitrogens is 2. The molecule has 0 unspecified atom stereocenters. The molecule has 2 heterocycles. The predicted molar refractivity (Wildman–Crippen MR) is 68.3 cm³/mol. The van der Waals surface area contributed by atoms with Gasteiger partial charge in [0.15, 0.2) is 6.23 Å². The fraction of sp³-hybridized carbons (Fsp3) is 0.455. The van der Waals surface area contributed by atoms with E-state index >= 15 is 0 Å². The molecule has 1 fully saturated rings. The first kappa shape index (κ1) is 14.9. The molecule has 0 saturated carbocycles. The molecule has 1 aliphatic heterocycles. The lowest BCUT2D eigenvalue weighted by Gasteiger charge is -2.25. The number of nitrogens with zero attached hydrogens (tertiary/aromatic N) is 1. The van der Waals surface area contributed by atoms with Gasteiger partial charge in [0.25, 0.3) is 5.56 Å². The second-order valence-electron chi connectivity index (χ2n) is 4.37. The molecule has 110 valence electrons. The zero-order valence-corrected chi connectivity index (χ0v) is 10.9. The summed E-state index contributed by atoms with van der Waals surface area (Å²) >= 11 is 5.43. The van der Waals surface area contributed by atoms with Crippen molar-refractivity contribution in [3.8, 4) is 0 Å². The van der Waals surface area contributed by atoms with Crippen LogP contribution in [-0.2, 0) is 4.74 Å². The van der Waals surface area contributed by atoms with E-state index in [2.05, 4.69) is 0 Å². The third-order valence-electron chi connectivity index (χ3n) is 3.17. The molecule has 1 aromatic heterocycles. The van der Waals surface area contributed by atoms with E-state index in [1.807, 2.05) is 4.98 Å². The van der Waals surface area contributed by atoms with E-state index in [0.29, 0.717) is 0 Å². The number of rotatable bonds is 3. The summed E-state index contributed by atoms with van der Waals surface area (Å²) in [5.41, 5.74) is -2.00. The molecule has 1 aromatic rings. The molecule has 0 radical (unpaired) electrons.